The number of piperazine rings is 1. The van der Waals surface area contributed by atoms with Crippen LogP contribution in [-0.4, -0.2) is 53.6 Å². The largest absolute Gasteiger partial charge is 0.369 e. The van der Waals surface area contributed by atoms with Gasteiger partial charge in [0, 0.05) is 44.1 Å². The lowest BCUT2D eigenvalue weighted by Crippen LogP contribution is -2.43. The number of nitrogens with one attached hydrogen (secondary N) is 1. The van der Waals surface area contributed by atoms with Crippen LogP contribution in [0.3, 0.4) is 0 Å². The topological polar surface area (TPSA) is 61.9 Å². The van der Waals surface area contributed by atoms with E-state index in [0.717, 1.165) is 57.5 Å². The molecule has 0 aromatic heterocycles. The van der Waals surface area contributed by atoms with Gasteiger partial charge in [-0.3, -0.25) is 0 Å². The average Bonchev–Trinajstić information content (AvgIpc) is 2.94. The number of anilines is 2. The number of nitrogens with zero attached hydrogens (tertiary/aromatic N) is 2. The van der Waals surface area contributed by atoms with Crippen LogP contribution in [0.1, 0.15) is 12.8 Å². The van der Waals surface area contributed by atoms with E-state index in [9.17, 15) is 8.42 Å². The van der Waals surface area contributed by atoms with E-state index < -0.39 is 10.1 Å². The fourth-order valence-corrected chi connectivity index (χ4v) is 3.73. The molecule has 1 atom stereocenters. The maximum Gasteiger partial charge on any atom is 0.266 e. The first-order valence-corrected chi connectivity index (χ1v) is 9.55. The van der Waals surface area contributed by atoms with E-state index >= 15 is 0 Å². The van der Waals surface area contributed by atoms with E-state index in [2.05, 4.69) is 22.3 Å². The van der Waals surface area contributed by atoms with Crippen LogP contribution >= 0.6 is 0 Å². The van der Waals surface area contributed by atoms with Gasteiger partial charge in [0.2, 0.25) is 0 Å². The molecule has 1 N–H and O–H groups in total. The Labute approximate surface area is 132 Å². The van der Waals surface area contributed by atoms with Crippen LogP contribution in [0, 0.1) is 0 Å². The highest BCUT2D eigenvalue weighted by Crippen LogP contribution is 2.30. The van der Waals surface area contributed by atoms with Gasteiger partial charge in [0.25, 0.3) is 10.1 Å². The third kappa shape index (κ3) is 3.71. The highest BCUT2D eigenvalue weighted by atomic mass is 32.2. The second-order valence-electron chi connectivity index (χ2n) is 5.85. The molecule has 122 valence electrons. The summed E-state index contributed by atoms with van der Waals surface area (Å²) >= 11 is 0. The molecule has 0 bridgehead atoms. The van der Waals surface area contributed by atoms with E-state index in [4.69, 9.17) is 4.18 Å². The molecule has 0 saturated carbocycles. The summed E-state index contributed by atoms with van der Waals surface area (Å²) in [5.41, 5.74) is 2.21. The van der Waals surface area contributed by atoms with Gasteiger partial charge in [0.15, 0.2) is 0 Å². The molecule has 22 heavy (non-hydrogen) atoms. The minimum atomic E-state index is -3.44. The summed E-state index contributed by atoms with van der Waals surface area (Å²) < 4.78 is 28.1. The van der Waals surface area contributed by atoms with E-state index in [-0.39, 0.29) is 6.23 Å². The number of rotatable bonds is 4. The molecule has 0 unspecified atom stereocenters. The normalized spacial score (nSPS) is 23.0. The third-order valence-corrected chi connectivity index (χ3v) is 4.70. The molecule has 2 aliphatic rings. The summed E-state index contributed by atoms with van der Waals surface area (Å²) in [5, 5.41) is 3.35. The molecule has 2 fully saturated rings. The van der Waals surface area contributed by atoms with Gasteiger partial charge in [-0.25, -0.2) is 4.18 Å². The molecule has 3 rings (SSSR count). The Kier molecular flexibility index (Phi) is 4.56. The van der Waals surface area contributed by atoms with Gasteiger partial charge in [-0.1, -0.05) is 6.07 Å². The van der Waals surface area contributed by atoms with Crippen molar-refractivity contribution < 1.29 is 12.6 Å². The lowest BCUT2D eigenvalue weighted by atomic mass is 10.2. The van der Waals surface area contributed by atoms with Crippen LogP contribution in [0.2, 0.25) is 0 Å². The fraction of sp³-hybridized carbons (Fsp3) is 0.600. The molecule has 6 nitrogen and oxygen atoms in total. The van der Waals surface area contributed by atoms with Crippen LogP contribution < -0.4 is 15.1 Å². The number of benzene rings is 1. The Morgan fingerprint density at radius 3 is 2.64 bits per heavy atom. The molecule has 2 saturated heterocycles. The van der Waals surface area contributed by atoms with Gasteiger partial charge in [-0.05, 0) is 31.0 Å². The van der Waals surface area contributed by atoms with Gasteiger partial charge in [0.05, 0.1) is 6.26 Å². The summed E-state index contributed by atoms with van der Waals surface area (Å²) in [6, 6.07) is 8.30. The lowest BCUT2D eigenvalue weighted by Gasteiger charge is -2.31. The Morgan fingerprint density at radius 1 is 1.18 bits per heavy atom. The third-order valence-electron chi connectivity index (χ3n) is 4.13. The summed E-state index contributed by atoms with van der Waals surface area (Å²) in [4.78, 5) is 4.40. The van der Waals surface area contributed by atoms with E-state index in [1.807, 2.05) is 17.0 Å². The van der Waals surface area contributed by atoms with E-state index in [1.54, 1.807) is 0 Å². The van der Waals surface area contributed by atoms with Crippen LogP contribution in [0.4, 0.5) is 11.4 Å². The van der Waals surface area contributed by atoms with Crippen molar-refractivity contribution in [3.63, 3.8) is 0 Å². The van der Waals surface area contributed by atoms with Crippen molar-refractivity contribution in [3.8, 4) is 0 Å². The first-order valence-electron chi connectivity index (χ1n) is 7.73. The van der Waals surface area contributed by atoms with E-state index in [1.165, 1.54) is 5.69 Å². The van der Waals surface area contributed by atoms with Gasteiger partial charge in [0.1, 0.15) is 6.23 Å². The number of hydrogen-bond acceptors (Lipinski definition) is 6. The smallest absolute Gasteiger partial charge is 0.266 e. The molecule has 0 spiro atoms. The molecular weight excluding hydrogens is 302 g/mol. The van der Waals surface area contributed by atoms with Crippen molar-refractivity contribution in [2.75, 3.05) is 48.8 Å². The van der Waals surface area contributed by atoms with Gasteiger partial charge >= 0.3 is 0 Å². The van der Waals surface area contributed by atoms with Crippen molar-refractivity contribution in [1.82, 2.24) is 5.32 Å². The van der Waals surface area contributed by atoms with E-state index in [0.29, 0.717) is 0 Å². The molecule has 0 aliphatic carbocycles. The monoisotopic (exact) mass is 325 g/mol. The molecule has 2 aliphatic heterocycles. The second kappa shape index (κ2) is 6.44. The van der Waals surface area contributed by atoms with Gasteiger partial charge in [-0.2, -0.15) is 8.42 Å². The molecule has 1 aromatic carbocycles. The van der Waals surface area contributed by atoms with Crippen LogP contribution in [0.5, 0.6) is 0 Å². The minimum absolute atomic E-state index is 0.381. The zero-order valence-electron chi connectivity index (χ0n) is 12.9. The summed E-state index contributed by atoms with van der Waals surface area (Å²) in [7, 11) is -3.44. The molecule has 0 amide bonds. The predicted octanol–water partition coefficient (Wildman–Crippen LogP) is 0.999. The Balaban J connectivity index is 1.78. The molecule has 7 heteroatoms. The van der Waals surface area contributed by atoms with Crippen LogP contribution in [0.25, 0.3) is 0 Å². The molecule has 1 aromatic rings. The zero-order chi connectivity index (χ0) is 15.6. The fourth-order valence-electron chi connectivity index (χ4n) is 3.12. The van der Waals surface area contributed by atoms with Gasteiger partial charge in [-0.15, -0.1) is 0 Å². The summed E-state index contributed by atoms with van der Waals surface area (Å²) in [6.07, 6.45) is 2.41. The standard InChI is InChI=1S/C15H23N3O3S/c1-22(19,20)21-15-6-3-9-18(15)14-5-2-4-13(12-14)17-10-7-16-8-11-17/h2,4-5,12,15-16H,3,6-11H2,1H3/t15-/m1/s1. The Hall–Kier alpha value is -1.31. The maximum absolute atomic E-state index is 11.4. The average molecular weight is 325 g/mol. The second-order valence-corrected chi connectivity index (χ2v) is 7.45. The molecule has 0 radical (unpaired) electrons. The molecular formula is C15H23N3O3S. The van der Waals surface area contributed by atoms with Crippen molar-refractivity contribution in [1.29, 1.82) is 0 Å². The summed E-state index contributed by atoms with van der Waals surface area (Å²) in [5.74, 6) is 0. The van der Waals surface area contributed by atoms with Crippen molar-refractivity contribution in [3.05, 3.63) is 24.3 Å². The maximum atomic E-state index is 11.4. The highest BCUT2D eigenvalue weighted by Gasteiger charge is 2.29. The highest BCUT2D eigenvalue weighted by molar-refractivity contribution is 7.86. The SMILES string of the molecule is CS(=O)(=O)O[C@@H]1CCCN1c1cccc(N2CCNCC2)c1. The van der Waals surface area contributed by atoms with Gasteiger partial charge < -0.3 is 15.1 Å². The number of hydrogen-bond donors (Lipinski definition) is 1. The van der Waals surface area contributed by atoms with Crippen molar-refractivity contribution >= 4 is 21.5 Å². The van der Waals surface area contributed by atoms with Crippen molar-refractivity contribution in [2.24, 2.45) is 0 Å². The Bertz CT molecular complexity index is 614. The minimum Gasteiger partial charge on any atom is -0.369 e. The Morgan fingerprint density at radius 2 is 1.91 bits per heavy atom. The van der Waals surface area contributed by atoms with Crippen molar-refractivity contribution in [2.45, 2.75) is 19.1 Å². The van der Waals surface area contributed by atoms with Crippen LogP contribution in [-0.2, 0) is 14.3 Å². The first-order chi connectivity index (χ1) is 10.5. The molecule has 2 heterocycles. The lowest BCUT2D eigenvalue weighted by molar-refractivity contribution is 0.222. The quantitative estimate of drug-likeness (QED) is 0.834. The summed E-state index contributed by atoms with van der Waals surface area (Å²) in [6.45, 7) is 4.80. The first kappa shape index (κ1) is 15.6. The zero-order valence-corrected chi connectivity index (χ0v) is 13.7. The van der Waals surface area contributed by atoms with Crippen LogP contribution in [0.15, 0.2) is 24.3 Å². The predicted molar refractivity (Wildman–Crippen MR) is 87.8 cm³/mol.